The molecule has 0 saturated heterocycles. The first-order valence-corrected chi connectivity index (χ1v) is 16.5. The summed E-state index contributed by atoms with van der Waals surface area (Å²) in [5, 5.41) is 29.2. The standard InChI is InChI=1S/C34H43N7O4S/c1-22-9-12-25(16-18-41(6,7)8)30(19-22)37-39-33-31(46(43,44)45)21-27-26(34(33)42)13-14-28(35)32(27)38-36-29-20-24(11-10-23(29)2)15-17-40(3,4)5/h9-14,19-21H,15-18H2,1-8H3,(H2-2,35,36,37,42,43,44,45)/p+2. The number of hydrogen-bond donors (Lipinski definition) is 3. The smallest absolute Gasteiger partial charge is 0.296 e. The van der Waals surface area contributed by atoms with E-state index in [2.05, 4.69) is 68.8 Å². The molecule has 0 unspecified atom stereocenters. The van der Waals surface area contributed by atoms with E-state index in [1.54, 1.807) is 12.1 Å². The zero-order chi connectivity index (χ0) is 34.0. The van der Waals surface area contributed by atoms with Gasteiger partial charge in [-0.05, 0) is 66.4 Å². The molecule has 11 nitrogen and oxygen atoms in total. The van der Waals surface area contributed by atoms with Gasteiger partial charge in [-0.3, -0.25) is 4.55 Å². The maximum Gasteiger partial charge on any atom is 0.296 e. The minimum Gasteiger partial charge on any atom is -0.505 e. The van der Waals surface area contributed by atoms with E-state index in [1.807, 2.05) is 44.2 Å². The first-order valence-electron chi connectivity index (χ1n) is 15.0. The van der Waals surface area contributed by atoms with Crippen LogP contribution in [-0.2, 0) is 23.0 Å². The Morgan fingerprint density at radius 2 is 1.35 bits per heavy atom. The molecule has 4 rings (SSSR count). The van der Waals surface area contributed by atoms with Crippen molar-refractivity contribution in [3.05, 3.63) is 76.9 Å². The number of phenols is 1. The van der Waals surface area contributed by atoms with Gasteiger partial charge in [0.2, 0.25) is 0 Å². The van der Waals surface area contributed by atoms with E-state index in [4.69, 9.17) is 5.73 Å². The number of anilines is 1. The molecule has 0 aliphatic heterocycles. The number of nitrogens with zero attached hydrogens (tertiary/aromatic N) is 6. The van der Waals surface area contributed by atoms with Gasteiger partial charge in [0.1, 0.15) is 16.3 Å². The van der Waals surface area contributed by atoms with Gasteiger partial charge in [0, 0.05) is 23.6 Å². The monoisotopic (exact) mass is 647 g/mol. The second-order valence-corrected chi connectivity index (χ2v) is 15.2. The van der Waals surface area contributed by atoms with Gasteiger partial charge in [-0.25, -0.2) is 0 Å². The number of phenolic OH excluding ortho intramolecular Hbond substituents is 1. The average Bonchev–Trinajstić information content (AvgIpc) is 2.94. The maximum absolute atomic E-state index is 12.6. The molecule has 4 N–H and O–H groups in total. The highest BCUT2D eigenvalue weighted by atomic mass is 32.2. The molecule has 0 aliphatic rings. The number of azo groups is 2. The summed E-state index contributed by atoms with van der Waals surface area (Å²) < 4.78 is 37.1. The molecular weight excluding hydrogens is 602 g/mol. The highest BCUT2D eigenvalue weighted by molar-refractivity contribution is 7.86. The molecule has 0 spiro atoms. The molecule has 4 aromatic rings. The van der Waals surface area contributed by atoms with Crippen molar-refractivity contribution in [2.24, 2.45) is 20.5 Å². The topological polar surface area (TPSA) is 150 Å². The molecular formula is C34H45N7O4S+2. The summed E-state index contributed by atoms with van der Waals surface area (Å²) in [4.78, 5) is -0.623. The summed E-state index contributed by atoms with van der Waals surface area (Å²) in [6.07, 6.45) is 1.56. The number of quaternary nitrogens is 2. The molecule has 0 aliphatic carbocycles. The summed E-state index contributed by atoms with van der Waals surface area (Å²) in [5.41, 5.74) is 11.3. The summed E-state index contributed by atoms with van der Waals surface area (Å²) in [5.74, 6) is -0.482. The molecule has 4 aromatic carbocycles. The second-order valence-electron chi connectivity index (χ2n) is 13.8. The lowest BCUT2D eigenvalue weighted by Crippen LogP contribution is -2.36. The van der Waals surface area contributed by atoms with Crippen LogP contribution in [-0.4, -0.2) is 82.4 Å². The van der Waals surface area contributed by atoms with Crippen molar-refractivity contribution in [1.82, 2.24) is 0 Å². The molecule has 0 amide bonds. The van der Waals surface area contributed by atoms with Gasteiger partial charge in [0.15, 0.2) is 5.75 Å². The molecule has 0 radical (unpaired) electrons. The molecule has 0 atom stereocenters. The minimum absolute atomic E-state index is 0.152. The molecule has 46 heavy (non-hydrogen) atoms. The summed E-state index contributed by atoms with van der Waals surface area (Å²) >= 11 is 0. The van der Waals surface area contributed by atoms with Crippen LogP contribution in [0.5, 0.6) is 5.75 Å². The van der Waals surface area contributed by atoms with Gasteiger partial charge in [-0.2, -0.15) is 18.6 Å². The van der Waals surface area contributed by atoms with Crippen molar-refractivity contribution in [3.63, 3.8) is 0 Å². The number of nitrogen functional groups attached to an aromatic ring is 1. The van der Waals surface area contributed by atoms with Crippen LogP contribution in [0, 0.1) is 13.8 Å². The third-order valence-electron chi connectivity index (χ3n) is 7.67. The van der Waals surface area contributed by atoms with Gasteiger partial charge in [-0.1, -0.05) is 24.3 Å². The second kappa shape index (κ2) is 13.2. The third kappa shape index (κ3) is 8.73. The number of aromatic hydroxyl groups is 1. The van der Waals surface area contributed by atoms with Crippen LogP contribution in [0.15, 0.2) is 79.9 Å². The number of rotatable bonds is 11. The zero-order valence-electron chi connectivity index (χ0n) is 27.9. The lowest BCUT2D eigenvalue weighted by molar-refractivity contribution is -0.870. The van der Waals surface area contributed by atoms with E-state index in [0.29, 0.717) is 17.8 Å². The first-order chi connectivity index (χ1) is 21.3. The van der Waals surface area contributed by atoms with Crippen LogP contribution in [0.25, 0.3) is 10.8 Å². The average molecular weight is 648 g/mol. The van der Waals surface area contributed by atoms with E-state index in [1.165, 1.54) is 6.07 Å². The molecule has 0 aromatic heterocycles. The van der Waals surface area contributed by atoms with Crippen molar-refractivity contribution >= 4 is 49.3 Å². The van der Waals surface area contributed by atoms with Crippen LogP contribution >= 0.6 is 0 Å². The SMILES string of the molecule is Cc1ccc(CC[N+](C)(C)C)c(N=Nc2c(S(=O)(=O)O)cc3c(N=Nc4cc(CC[N+](C)(C)C)ccc4C)c(N)ccc3c2O)c1. The van der Waals surface area contributed by atoms with Crippen molar-refractivity contribution in [1.29, 1.82) is 0 Å². The molecule has 244 valence electrons. The van der Waals surface area contributed by atoms with Crippen molar-refractivity contribution < 1.29 is 27.0 Å². The van der Waals surface area contributed by atoms with Crippen molar-refractivity contribution in [3.8, 4) is 5.75 Å². The van der Waals surface area contributed by atoms with Gasteiger partial charge in [0.25, 0.3) is 10.1 Å². The van der Waals surface area contributed by atoms with Crippen LogP contribution in [0.3, 0.4) is 0 Å². The predicted octanol–water partition coefficient (Wildman–Crippen LogP) is 7.32. The highest BCUT2D eigenvalue weighted by Crippen LogP contribution is 2.46. The van der Waals surface area contributed by atoms with Gasteiger partial charge < -0.3 is 19.8 Å². The lowest BCUT2D eigenvalue weighted by Gasteiger charge is -2.24. The molecule has 0 bridgehead atoms. The maximum atomic E-state index is 12.6. The number of likely N-dealkylation sites (N-methyl/N-ethyl adjacent to an activating group) is 2. The molecule has 0 fully saturated rings. The zero-order valence-corrected chi connectivity index (χ0v) is 28.7. The van der Waals surface area contributed by atoms with E-state index in [9.17, 15) is 18.1 Å². The van der Waals surface area contributed by atoms with E-state index < -0.39 is 20.8 Å². The minimum atomic E-state index is -4.86. The molecule has 0 heterocycles. The van der Waals surface area contributed by atoms with E-state index in [-0.39, 0.29) is 27.8 Å². The quantitative estimate of drug-likeness (QED) is 0.0675. The summed E-state index contributed by atoms with van der Waals surface area (Å²) in [6.45, 7) is 5.62. The number of hydrogen-bond acceptors (Lipinski definition) is 8. The first kappa shape index (κ1) is 34.6. The lowest BCUT2D eigenvalue weighted by atomic mass is 10.1. The fraction of sp³-hybridized carbons (Fsp3) is 0.353. The van der Waals surface area contributed by atoms with E-state index in [0.717, 1.165) is 50.7 Å². The Morgan fingerprint density at radius 1 is 0.717 bits per heavy atom. The Morgan fingerprint density at radius 3 is 2.00 bits per heavy atom. The van der Waals surface area contributed by atoms with Crippen LogP contribution in [0.4, 0.5) is 28.4 Å². The van der Waals surface area contributed by atoms with Crippen LogP contribution < -0.4 is 5.73 Å². The molecule has 0 saturated carbocycles. The Labute approximate surface area is 271 Å². The van der Waals surface area contributed by atoms with Crippen molar-refractivity contribution in [2.45, 2.75) is 31.6 Å². The van der Waals surface area contributed by atoms with Crippen molar-refractivity contribution in [2.75, 3.05) is 61.1 Å². The fourth-order valence-corrected chi connectivity index (χ4v) is 5.50. The number of fused-ring (bicyclic) bond motifs is 1. The van der Waals surface area contributed by atoms with Crippen LogP contribution in [0.1, 0.15) is 22.3 Å². The number of nitrogens with two attached hydrogens (primary N) is 1. The Kier molecular flexibility index (Phi) is 9.98. The Hall–Kier alpha value is -4.23. The number of benzene rings is 4. The largest absolute Gasteiger partial charge is 0.505 e. The van der Waals surface area contributed by atoms with Gasteiger partial charge in [-0.15, -0.1) is 10.2 Å². The molecule has 12 heteroatoms. The Bertz CT molecular complexity index is 1940. The Balaban J connectivity index is 1.82. The number of aryl methyl sites for hydroxylation is 2. The fourth-order valence-electron chi connectivity index (χ4n) is 4.85. The predicted molar refractivity (Wildman–Crippen MR) is 184 cm³/mol. The van der Waals surface area contributed by atoms with Gasteiger partial charge >= 0.3 is 0 Å². The third-order valence-corrected chi connectivity index (χ3v) is 8.53. The highest BCUT2D eigenvalue weighted by Gasteiger charge is 2.24. The van der Waals surface area contributed by atoms with Crippen LogP contribution in [0.2, 0.25) is 0 Å². The summed E-state index contributed by atoms with van der Waals surface area (Å²) in [7, 11) is 7.81. The summed E-state index contributed by atoms with van der Waals surface area (Å²) in [6, 6.07) is 16.1. The normalized spacial score (nSPS) is 13.0. The van der Waals surface area contributed by atoms with Gasteiger partial charge in [0.05, 0.1) is 72.4 Å². The van der Waals surface area contributed by atoms with E-state index >= 15 is 0 Å².